The van der Waals surface area contributed by atoms with Gasteiger partial charge in [-0.3, -0.25) is 0 Å². The van der Waals surface area contributed by atoms with E-state index in [0.29, 0.717) is 30.3 Å². The number of nitrogens with one attached hydrogen (secondary N) is 3. The molecule has 1 saturated carbocycles. The smallest absolute Gasteiger partial charge is 0.223 e. The van der Waals surface area contributed by atoms with E-state index >= 15 is 0 Å². The molecule has 3 heterocycles. The maximum absolute atomic E-state index is 6.07. The number of rotatable bonds is 4. The van der Waals surface area contributed by atoms with Crippen LogP contribution >= 0.6 is 12.2 Å². The quantitative estimate of drug-likeness (QED) is 0.643. The third-order valence-corrected chi connectivity index (χ3v) is 6.28. The summed E-state index contributed by atoms with van der Waals surface area (Å²) in [4.78, 5) is 9.06. The summed E-state index contributed by atoms with van der Waals surface area (Å²) in [6.07, 6.45) is 8.05. The Morgan fingerprint density at radius 1 is 1.03 bits per heavy atom. The molecule has 160 valence electrons. The fourth-order valence-corrected chi connectivity index (χ4v) is 4.72. The second-order valence-electron chi connectivity index (χ2n) is 9.42. The monoisotopic (exact) mass is 419 g/mol. The zero-order chi connectivity index (χ0) is 20.4. The average Bonchev–Trinajstić information content (AvgIpc) is 3.26. The highest BCUT2D eigenvalue weighted by molar-refractivity contribution is 7.80. The van der Waals surface area contributed by atoms with Gasteiger partial charge in [-0.15, -0.1) is 0 Å². The van der Waals surface area contributed by atoms with Crippen LogP contribution in [-0.2, 0) is 14.9 Å². The maximum Gasteiger partial charge on any atom is 0.223 e. The molecule has 0 aromatic carbocycles. The number of thiocarbonyl (C=S) groups is 1. The molecule has 0 bridgehead atoms. The van der Waals surface area contributed by atoms with E-state index in [1.54, 1.807) is 6.20 Å². The Morgan fingerprint density at radius 3 is 2.45 bits per heavy atom. The van der Waals surface area contributed by atoms with Gasteiger partial charge in [-0.05, 0) is 31.1 Å². The predicted octanol–water partition coefficient (Wildman–Crippen LogP) is 2.52. The largest absolute Gasteiger partial charge is 0.371 e. The molecule has 7 nitrogen and oxygen atoms in total. The SMILES string of the molecule is CC(C)(C)c1ccnc(NC2COC3C(NC(=S)NC4CCCCC4)COC23)n1. The number of ether oxygens (including phenoxy) is 2. The van der Waals surface area contributed by atoms with Crippen LogP contribution < -0.4 is 16.0 Å². The van der Waals surface area contributed by atoms with Gasteiger partial charge < -0.3 is 25.4 Å². The highest BCUT2D eigenvalue weighted by atomic mass is 32.1. The van der Waals surface area contributed by atoms with Gasteiger partial charge in [0.2, 0.25) is 5.95 Å². The van der Waals surface area contributed by atoms with Crippen LogP contribution in [0.5, 0.6) is 0 Å². The van der Waals surface area contributed by atoms with Crippen LogP contribution in [-0.4, -0.2) is 58.6 Å². The molecule has 4 unspecified atom stereocenters. The molecule has 8 heteroatoms. The van der Waals surface area contributed by atoms with Gasteiger partial charge in [0.25, 0.3) is 0 Å². The summed E-state index contributed by atoms with van der Waals surface area (Å²) in [5.74, 6) is 0.626. The molecule has 4 rings (SSSR count). The molecule has 0 amide bonds. The molecule has 1 aromatic heterocycles. The summed E-state index contributed by atoms with van der Waals surface area (Å²) in [5.41, 5.74) is 0.991. The first-order valence-corrected chi connectivity index (χ1v) is 11.2. The lowest BCUT2D eigenvalue weighted by Crippen LogP contribution is -2.51. The van der Waals surface area contributed by atoms with Crippen LogP contribution in [0.3, 0.4) is 0 Å². The second-order valence-corrected chi connectivity index (χ2v) is 9.83. The van der Waals surface area contributed by atoms with Crippen molar-refractivity contribution in [1.82, 2.24) is 20.6 Å². The van der Waals surface area contributed by atoms with Crippen molar-refractivity contribution in [1.29, 1.82) is 0 Å². The Labute approximate surface area is 178 Å². The minimum absolute atomic E-state index is 0.0199. The van der Waals surface area contributed by atoms with Crippen LogP contribution in [0.4, 0.5) is 5.95 Å². The zero-order valence-electron chi connectivity index (χ0n) is 17.6. The molecule has 2 saturated heterocycles. The molecule has 3 fully saturated rings. The molecule has 4 atom stereocenters. The number of fused-ring (bicyclic) bond motifs is 1. The van der Waals surface area contributed by atoms with Crippen molar-refractivity contribution < 1.29 is 9.47 Å². The molecule has 3 N–H and O–H groups in total. The first-order valence-electron chi connectivity index (χ1n) is 10.8. The standard InChI is InChI=1S/C21H33N5O2S/c1-21(2,3)16-9-10-22-19(26-16)24-14-11-27-18-15(12-28-17(14)18)25-20(29)23-13-7-5-4-6-8-13/h9-10,13-15,17-18H,4-8,11-12H2,1-3H3,(H,22,24,26)(H2,23,25,29). The Bertz CT molecular complexity index is 719. The molecular formula is C21H33N5O2S. The summed E-state index contributed by atoms with van der Waals surface area (Å²) >= 11 is 5.55. The number of anilines is 1. The maximum atomic E-state index is 6.07. The van der Waals surface area contributed by atoms with Gasteiger partial charge in [-0.1, -0.05) is 40.0 Å². The van der Waals surface area contributed by atoms with Gasteiger partial charge in [0, 0.05) is 17.7 Å². The van der Waals surface area contributed by atoms with E-state index in [4.69, 9.17) is 21.7 Å². The number of nitrogens with zero attached hydrogens (tertiary/aromatic N) is 2. The lowest BCUT2D eigenvalue weighted by atomic mass is 9.92. The van der Waals surface area contributed by atoms with Crippen LogP contribution in [0, 0.1) is 0 Å². The van der Waals surface area contributed by atoms with E-state index in [-0.39, 0.29) is 29.7 Å². The Morgan fingerprint density at radius 2 is 1.72 bits per heavy atom. The van der Waals surface area contributed by atoms with Gasteiger partial charge in [0.05, 0.1) is 31.0 Å². The lowest BCUT2D eigenvalue weighted by Gasteiger charge is -2.26. The number of aromatic nitrogens is 2. The van der Waals surface area contributed by atoms with Gasteiger partial charge in [0.1, 0.15) is 12.2 Å². The van der Waals surface area contributed by atoms with Crippen molar-refractivity contribution in [3.63, 3.8) is 0 Å². The van der Waals surface area contributed by atoms with Crippen molar-refractivity contribution in [3.8, 4) is 0 Å². The van der Waals surface area contributed by atoms with Crippen molar-refractivity contribution >= 4 is 23.3 Å². The Hall–Kier alpha value is -1.51. The molecule has 0 spiro atoms. The van der Waals surface area contributed by atoms with E-state index in [1.807, 2.05) is 6.07 Å². The summed E-state index contributed by atoms with van der Waals surface area (Å²) in [7, 11) is 0. The van der Waals surface area contributed by atoms with Crippen LogP contribution in [0.2, 0.25) is 0 Å². The van der Waals surface area contributed by atoms with Crippen LogP contribution in [0.15, 0.2) is 12.3 Å². The van der Waals surface area contributed by atoms with Crippen molar-refractivity contribution in [3.05, 3.63) is 18.0 Å². The summed E-state index contributed by atoms with van der Waals surface area (Å²) in [5, 5.41) is 11.0. The molecular weight excluding hydrogens is 386 g/mol. The van der Waals surface area contributed by atoms with Crippen LogP contribution in [0.25, 0.3) is 0 Å². The lowest BCUT2D eigenvalue weighted by molar-refractivity contribution is 0.0688. The third-order valence-electron chi connectivity index (χ3n) is 6.05. The summed E-state index contributed by atoms with van der Waals surface area (Å²) < 4.78 is 12.1. The first kappa shape index (κ1) is 20.8. The number of hydrogen-bond donors (Lipinski definition) is 3. The Balaban J connectivity index is 1.31. The number of hydrogen-bond acceptors (Lipinski definition) is 6. The van der Waals surface area contributed by atoms with Gasteiger partial charge >= 0.3 is 0 Å². The zero-order valence-corrected chi connectivity index (χ0v) is 18.4. The fourth-order valence-electron chi connectivity index (χ4n) is 4.40. The highest BCUT2D eigenvalue weighted by Gasteiger charge is 2.48. The third kappa shape index (κ3) is 4.98. The van der Waals surface area contributed by atoms with E-state index in [9.17, 15) is 0 Å². The fraction of sp³-hybridized carbons (Fsp3) is 0.762. The Kier molecular flexibility index (Phi) is 6.22. The predicted molar refractivity (Wildman–Crippen MR) is 117 cm³/mol. The second kappa shape index (κ2) is 8.70. The van der Waals surface area contributed by atoms with Crippen molar-refractivity contribution in [2.75, 3.05) is 18.5 Å². The molecule has 29 heavy (non-hydrogen) atoms. The van der Waals surface area contributed by atoms with Gasteiger partial charge in [-0.25, -0.2) is 9.97 Å². The molecule has 0 radical (unpaired) electrons. The minimum atomic E-state index is -0.0353. The van der Waals surface area contributed by atoms with Gasteiger partial charge in [-0.2, -0.15) is 0 Å². The molecule has 1 aromatic rings. The minimum Gasteiger partial charge on any atom is -0.371 e. The average molecular weight is 420 g/mol. The van der Waals surface area contributed by atoms with Gasteiger partial charge in [0.15, 0.2) is 5.11 Å². The summed E-state index contributed by atoms with van der Waals surface area (Å²) in [6.45, 7) is 7.60. The molecule has 3 aliphatic rings. The van der Waals surface area contributed by atoms with E-state index in [0.717, 1.165) is 5.69 Å². The highest BCUT2D eigenvalue weighted by Crippen LogP contribution is 2.29. The topological polar surface area (TPSA) is 80.3 Å². The van der Waals surface area contributed by atoms with E-state index < -0.39 is 0 Å². The normalized spacial score (nSPS) is 30.0. The van der Waals surface area contributed by atoms with E-state index in [2.05, 4.69) is 46.7 Å². The summed E-state index contributed by atoms with van der Waals surface area (Å²) in [6, 6.07) is 2.55. The molecule has 1 aliphatic carbocycles. The van der Waals surface area contributed by atoms with Crippen molar-refractivity contribution in [2.45, 2.75) is 88.6 Å². The van der Waals surface area contributed by atoms with Crippen LogP contribution in [0.1, 0.15) is 58.6 Å². The van der Waals surface area contributed by atoms with E-state index in [1.165, 1.54) is 32.1 Å². The molecule has 2 aliphatic heterocycles. The first-order chi connectivity index (χ1) is 13.9. The van der Waals surface area contributed by atoms with Crippen molar-refractivity contribution in [2.24, 2.45) is 0 Å².